The van der Waals surface area contributed by atoms with Gasteiger partial charge in [0.15, 0.2) is 0 Å². The monoisotopic (exact) mass is 215 g/mol. The summed E-state index contributed by atoms with van der Waals surface area (Å²) >= 11 is 0. The van der Waals surface area contributed by atoms with E-state index < -0.39 is 11.6 Å². The van der Waals surface area contributed by atoms with Crippen molar-refractivity contribution in [2.75, 3.05) is 13.1 Å². The summed E-state index contributed by atoms with van der Waals surface area (Å²) in [7, 11) is 0. The van der Waals surface area contributed by atoms with Crippen molar-refractivity contribution in [2.45, 2.75) is 45.3 Å². The number of ether oxygens (including phenoxy) is 1. The first kappa shape index (κ1) is 12.5. The van der Waals surface area contributed by atoms with E-state index in [9.17, 15) is 4.79 Å². The Morgan fingerprint density at radius 3 is 2.67 bits per heavy atom. The molecule has 0 aromatic rings. The van der Waals surface area contributed by atoms with Crippen LogP contribution in [0.2, 0.25) is 0 Å². The summed E-state index contributed by atoms with van der Waals surface area (Å²) in [5.41, 5.74) is 5.47. The maximum absolute atomic E-state index is 11.7. The minimum atomic E-state index is -0.458. The SMILES string of the molecule is CC(C)(C)OC(=O)[C@@H](N)[C@H]1CCC[NH2+]C1. The van der Waals surface area contributed by atoms with E-state index in [4.69, 9.17) is 10.5 Å². The topological polar surface area (TPSA) is 68.9 Å². The molecule has 0 aromatic carbocycles. The second-order valence-corrected chi connectivity index (χ2v) is 5.27. The highest BCUT2D eigenvalue weighted by Crippen LogP contribution is 2.15. The van der Waals surface area contributed by atoms with Crippen LogP contribution in [0.5, 0.6) is 0 Å². The average molecular weight is 215 g/mol. The van der Waals surface area contributed by atoms with Crippen molar-refractivity contribution in [1.82, 2.24) is 0 Å². The van der Waals surface area contributed by atoms with Crippen LogP contribution in [0, 0.1) is 5.92 Å². The number of piperidine rings is 1. The number of carbonyl (C=O) groups is 1. The Hall–Kier alpha value is -0.610. The van der Waals surface area contributed by atoms with Crippen LogP contribution in [0.1, 0.15) is 33.6 Å². The third-order valence-electron chi connectivity index (χ3n) is 2.64. The second-order valence-electron chi connectivity index (χ2n) is 5.27. The molecule has 1 fully saturated rings. The maximum atomic E-state index is 11.7. The first-order valence-electron chi connectivity index (χ1n) is 5.70. The third-order valence-corrected chi connectivity index (χ3v) is 2.64. The lowest BCUT2D eigenvalue weighted by Crippen LogP contribution is -2.88. The summed E-state index contributed by atoms with van der Waals surface area (Å²) in [5.74, 6) is 0.0106. The van der Waals surface area contributed by atoms with Gasteiger partial charge in [-0.15, -0.1) is 0 Å². The van der Waals surface area contributed by atoms with Crippen LogP contribution in [0.4, 0.5) is 0 Å². The van der Waals surface area contributed by atoms with Crippen molar-refractivity contribution in [3.05, 3.63) is 0 Å². The quantitative estimate of drug-likeness (QED) is 0.617. The molecule has 4 N–H and O–H groups in total. The van der Waals surface area contributed by atoms with Crippen LogP contribution in [-0.2, 0) is 9.53 Å². The molecule has 1 heterocycles. The zero-order valence-corrected chi connectivity index (χ0v) is 9.95. The van der Waals surface area contributed by atoms with E-state index in [1.165, 1.54) is 0 Å². The van der Waals surface area contributed by atoms with Gasteiger partial charge >= 0.3 is 5.97 Å². The first-order valence-corrected chi connectivity index (χ1v) is 5.70. The van der Waals surface area contributed by atoms with Gasteiger partial charge in [-0.05, 0) is 33.6 Å². The summed E-state index contributed by atoms with van der Waals surface area (Å²) < 4.78 is 5.27. The number of rotatable bonds is 2. The van der Waals surface area contributed by atoms with Crippen LogP contribution in [0.25, 0.3) is 0 Å². The lowest BCUT2D eigenvalue weighted by atomic mass is 9.92. The zero-order chi connectivity index (χ0) is 11.5. The van der Waals surface area contributed by atoms with Crippen molar-refractivity contribution < 1.29 is 14.8 Å². The van der Waals surface area contributed by atoms with E-state index >= 15 is 0 Å². The molecule has 4 nitrogen and oxygen atoms in total. The molecule has 0 unspecified atom stereocenters. The highest BCUT2D eigenvalue weighted by atomic mass is 16.6. The molecule has 1 rings (SSSR count). The number of hydrogen-bond acceptors (Lipinski definition) is 3. The molecule has 0 aliphatic carbocycles. The van der Waals surface area contributed by atoms with Crippen LogP contribution in [0.3, 0.4) is 0 Å². The van der Waals surface area contributed by atoms with E-state index in [-0.39, 0.29) is 11.9 Å². The van der Waals surface area contributed by atoms with Gasteiger partial charge in [0.25, 0.3) is 0 Å². The molecule has 0 spiro atoms. The molecule has 2 atom stereocenters. The van der Waals surface area contributed by atoms with Gasteiger partial charge in [0, 0.05) is 5.92 Å². The highest BCUT2D eigenvalue weighted by molar-refractivity contribution is 5.76. The molecule has 0 bridgehead atoms. The minimum absolute atomic E-state index is 0.261. The Balaban J connectivity index is 2.44. The highest BCUT2D eigenvalue weighted by Gasteiger charge is 2.31. The van der Waals surface area contributed by atoms with Crippen molar-refractivity contribution in [3.63, 3.8) is 0 Å². The molecule has 15 heavy (non-hydrogen) atoms. The molecule has 1 saturated heterocycles. The smallest absolute Gasteiger partial charge is 0.323 e. The summed E-state index contributed by atoms with van der Waals surface area (Å²) in [6.45, 7) is 7.69. The van der Waals surface area contributed by atoms with Gasteiger partial charge in [0.1, 0.15) is 11.6 Å². The standard InChI is InChI=1S/C11H22N2O2/c1-11(2,3)15-10(14)9(12)8-5-4-6-13-7-8/h8-9,13H,4-7,12H2,1-3H3/p+1/t8-,9-/m0/s1. The van der Waals surface area contributed by atoms with Crippen molar-refractivity contribution in [1.29, 1.82) is 0 Å². The summed E-state index contributed by atoms with van der Waals surface area (Å²) in [4.78, 5) is 11.7. The number of carbonyl (C=O) groups excluding carboxylic acids is 1. The van der Waals surface area contributed by atoms with Crippen LogP contribution < -0.4 is 11.1 Å². The van der Waals surface area contributed by atoms with Gasteiger partial charge < -0.3 is 15.8 Å². The van der Waals surface area contributed by atoms with E-state index in [1.807, 2.05) is 20.8 Å². The zero-order valence-electron chi connectivity index (χ0n) is 9.95. The normalized spacial score (nSPS) is 24.7. The lowest BCUT2D eigenvalue weighted by molar-refractivity contribution is -0.669. The Labute approximate surface area is 91.5 Å². The fourth-order valence-electron chi connectivity index (χ4n) is 1.86. The second kappa shape index (κ2) is 4.94. The molecule has 4 heteroatoms. The molecule has 0 radical (unpaired) electrons. The van der Waals surface area contributed by atoms with E-state index in [1.54, 1.807) is 0 Å². The fourth-order valence-corrected chi connectivity index (χ4v) is 1.86. The number of hydrogen-bond donors (Lipinski definition) is 2. The average Bonchev–Trinajstić information content (AvgIpc) is 2.15. The largest absolute Gasteiger partial charge is 0.459 e. The molecular weight excluding hydrogens is 192 g/mol. The summed E-state index contributed by atoms with van der Waals surface area (Å²) in [6.07, 6.45) is 2.18. The van der Waals surface area contributed by atoms with E-state index in [0.717, 1.165) is 25.9 Å². The third kappa shape index (κ3) is 4.18. The molecule has 0 saturated carbocycles. The van der Waals surface area contributed by atoms with E-state index in [2.05, 4.69) is 5.32 Å². The van der Waals surface area contributed by atoms with Gasteiger partial charge in [-0.1, -0.05) is 0 Å². The number of esters is 1. The predicted molar refractivity (Wildman–Crippen MR) is 58.2 cm³/mol. The lowest BCUT2D eigenvalue weighted by Gasteiger charge is -2.27. The molecule has 1 aliphatic heterocycles. The predicted octanol–water partition coefficient (Wildman–Crippen LogP) is -0.371. The first-order chi connectivity index (χ1) is 6.90. The molecule has 88 valence electrons. The number of nitrogens with two attached hydrogens (primary N) is 2. The van der Waals surface area contributed by atoms with Gasteiger partial charge in [0.2, 0.25) is 0 Å². The van der Waals surface area contributed by atoms with Gasteiger partial charge in [-0.2, -0.15) is 0 Å². The molecule has 0 amide bonds. The van der Waals surface area contributed by atoms with Crippen molar-refractivity contribution in [2.24, 2.45) is 11.7 Å². The Morgan fingerprint density at radius 1 is 1.53 bits per heavy atom. The van der Waals surface area contributed by atoms with Gasteiger partial charge in [0.05, 0.1) is 13.1 Å². The Bertz CT molecular complexity index is 217. The maximum Gasteiger partial charge on any atom is 0.323 e. The Kier molecular flexibility index (Phi) is 4.11. The van der Waals surface area contributed by atoms with Crippen LogP contribution >= 0.6 is 0 Å². The van der Waals surface area contributed by atoms with Gasteiger partial charge in [-0.25, -0.2) is 0 Å². The van der Waals surface area contributed by atoms with Crippen LogP contribution in [0.15, 0.2) is 0 Å². The van der Waals surface area contributed by atoms with E-state index in [0.29, 0.717) is 0 Å². The van der Waals surface area contributed by atoms with Crippen LogP contribution in [-0.4, -0.2) is 30.7 Å². The molecule has 0 aromatic heterocycles. The number of quaternary nitrogens is 1. The Morgan fingerprint density at radius 2 is 2.20 bits per heavy atom. The molecule has 1 aliphatic rings. The summed E-state index contributed by atoms with van der Waals surface area (Å²) in [6, 6.07) is -0.458. The van der Waals surface area contributed by atoms with Crippen molar-refractivity contribution >= 4 is 5.97 Å². The van der Waals surface area contributed by atoms with Gasteiger partial charge in [-0.3, -0.25) is 4.79 Å². The molecular formula is C11H23N2O2+. The summed E-state index contributed by atoms with van der Waals surface area (Å²) in [5, 5.41) is 2.22. The fraction of sp³-hybridized carbons (Fsp3) is 0.909. The minimum Gasteiger partial charge on any atom is -0.459 e. The van der Waals surface area contributed by atoms with Crippen molar-refractivity contribution in [3.8, 4) is 0 Å².